The van der Waals surface area contributed by atoms with Gasteiger partial charge in [-0.25, -0.2) is 4.79 Å². The molecule has 2 aromatic carbocycles. The van der Waals surface area contributed by atoms with Crippen molar-refractivity contribution < 1.29 is 14.8 Å². The number of fused-ring (bicyclic) bond motifs is 1. The van der Waals surface area contributed by atoms with E-state index in [1.165, 1.54) is 12.1 Å². The van der Waals surface area contributed by atoms with Crippen LogP contribution in [0.25, 0.3) is 0 Å². The molecule has 0 aliphatic heterocycles. The number of hydrogen-bond acceptors (Lipinski definition) is 4. The molecule has 0 aromatic heterocycles. The van der Waals surface area contributed by atoms with E-state index in [4.69, 9.17) is 0 Å². The molecule has 0 radical (unpaired) electrons. The molecule has 3 rings (SSSR count). The largest absolute Gasteiger partial charge is 0.390 e. The average molecular weight is 341 g/mol. The van der Waals surface area contributed by atoms with Gasteiger partial charge in [0, 0.05) is 18.6 Å². The summed E-state index contributed by atoms with van der Waals surface area (Å²) in [4.78, 5) is 22.7. The van der Waals surface area contributed by atoms with Crippen molar-refractivity contribution in [2.45, 2.75) is 31.5 Å². The minimum absolute atomic E-state index is 0.0216. The van der Waals surface area contributed by atoms with Gasteiger partial charge in [0.1, 0.15) is 0 Å². The van der Waals surface area contributed by atoms with E-state index in [1.54, 1.807) is 19.1 Å². The van der Waals surface area contributed by atoms with Crippen LogP contribution in [-0.4, -0.2) is 22.2 Å². The van der Waals surface area contributed by atoms with Crippen LogP contribution in [0.5, 0.6) is 0 Å². The molecule has 0 fully saturated rings. The number of amides is 2. The molecule has 2 aromatic rings. The number of benzene rings is 2. The number of nitro groups is 1. The molecule has 25 heavy (non-hydrogen) atoms. The van der Waals surface area contributed by atoms with E-state index in [0.717, 1.165) is 11.1 Å². The molecule has 3 atom stereocenters. The summed E-state index contributed by atoms with van der Waals surface area (Å²) in [7, 11) is 0. The molecular formula is C18H19N3O4. The molecule has 7 heteroatoms. The minimum atomic E-state index is -0.670. The van der Waals surface area contributed by atoms with Crippen molar-refractivity contribution in [3.05, 3.63) is 75.3 Å². The lowest BCUT2D eigenvalue weighted by Crippen LogP contribution is -2.41. The molecule has 7 nitrogen and oxygen atoms in total. The third-order valence-electron chi connectivity index (χ3n) is 4.42. The van der Waals surface area contributed by atoms with Crippen LogP contribution in [0.15, 0.2) is 48.5 Å². The highest BCUT2D eigenvalue weighted by molar-refractivity contribution is 5.75. The number of nitrogens with one attached hydrogen (secondary N) is 2. The van der Waals surface area contributed by atoms with Gasteiger partial charge in [-0.3, -0.25) is 10.1 Å². The summed E-state index contributed by atoms with van der Waals surface area (Å²) in [5.41, 5.74) is 2.55. The predicted octanol–water partition coefficient (Wildman–Crippen LogP) is 2.61. The van der Waals surface area contributed by atoms with Gasteiger partial charge in [-0.15, -0.1) is 0 Å². The second-order valence-electron chi connectivity index (χ2n) is 6.14. The van der Waals surface area contributed by atoms with Gasteiger partial charge in [0.2, 0.25) is 0 Å². The van der Waals surface area contributed by atoms with E-state index in [0.29, 0.717) is 12.0 Å². The van der Waals surface area contributed by atoms with Crippen molar-refractivity contribution in [2.24, 2.45) is 0 Å². The second kappa shape index (κ2) is 6.90. The maximum absolute atomic E-state index is 12.3. The smallest absolute Gasteiger partial charge is 0.315 e. The fourth-order valence-corrected chi connectivity index (χ4v) is 3.12. The number of urea groups is 1. The molecule has 0 heterocycles. The van der Waals surface area contributed by atoms with Crippen LogP contribution in [0.4, 0.5) is 10.5 Å². The number of aliphatic hydroxyl groups excluding tert-OH is 1. The number of nitrogens with zero attached hydrogens (tertiary/aromatic N) is 1. The Morgan fingerprint density at radius 1 is 1.28 bits per heavy atom. The highest BCUT2D eigenvalue weighted by Crippen LogP contribution is 2.31. The van der Waals surface area contributed by atoms with E-state index < -0.39 is 29.1 Å². The van der Waals surface area contributed by atoms with Gasteiger partial charge in [0.25, 0.3) is 5.69 Å². The number of rotatable bonds is 4. The Kier molecular flexibility index (Phi) is 4.67. The molecule has 0 bridgehead atoms. The van der Waals surface area contributed by atoms with Crippen LogP contribution < -0.4 is 10.6 Å². The Labute approximate surface area is 144 Å². The van der Waals surface area contributed by atoms with Gasteiger partial charge in [-0.2, -0.15) is 0 Å². The van der Waals surface area contributed by atoms with Crippen molar-refractivity contribution in [1.29, 1.82) is 0 Å². The van der Waals surface area contributed by atoms with E-state index in [-0.39, 0.29) is 5.69 Å². The molecular weight excluding hydrogens is 322 g/mol. The highest BCUT2D eigenvalue weighted by Gasteiger charge is 2.32. The standard InChI is InChI=1S/C18H19N3O4/c1-11(12-6-4-7-14(9-12)21(24)25)19-18(23)20-17-15-8-3-2-5-13(15)10-16(17)22/h2-9,11,16-17,22H,10H2,1H3,(H2,19,20,23)/t11-,16-,17+/m1/s1. The van der Waals surface area contributed by atoms with Gasteiger partial charge >= 0.3 is 6.03 Å². The fraction of sp³-hybridized carbons (Fsp3) is 0.278. The quantitative estimate of drug-likeness (QED) is 0.587. The molecule has 1 aliphatic rings. The minimum Gasteiger partial charge on any atom is -0.390 e. The van der Waals surface area contributed by atoms with E-state index in [1.807, 2.05) is 24.3 Å². The molecule has 3 N–H and O–H groups in total. The highest BCUT2D eigenvalue weighted by atomic mass is 16.6. The van der Waals surface area contributed by atoms with Crippen LogP contribution in [0.3, 0.4) is 0 Å². The number of nitro benzene ring substituents is 1. The van der Waals surface area contributed by atoms with Gasteiger partial charge in [-0.1, -0.05) is 36.4 Å². The number of carbonyl (C=O) groups is 1. The number of non-ortho nitro benzene ring substituents is 1. The SMILES string of the molecule is C[C@@H](NC(=O)N[C@H]1c2ccccc2C[C@H]1O)c1cccc([N+](=O)[O-])c1. The lowest BCUT2D eigenvalue weighted by molar-refractivity contribution is -0.384. The van der Waals surface area contributed by atoms with Crippen LogP contribution in [0.1, 0.15) is 35.7 Å². The molecule has 2 amide bonds. The first-order valence-electron chi connectivity index (χ1n) is 8.03. The van der Waals surface area contributed by atoms with Gasteiger partial charge in [0.05, 0.1) is 23.1 Å². The molecule has 0 saturated heterocycles. The van der Waals surface area contributed by atoms with Crippen LogP contribution in [0, 0.1) is 10.1 Å². The summed E-state index contributed by atoms with van der Waals surface area (Å²) in [6, 6.07) is 12.4. The van der Waals surface area contributed by atoms with Gasteiger partial charge < -0.3 is 15.7 Å². The monoisotopic (exact) mass is 341 g/mol. The third-order valence-corrected chi connectivity index (χ3v) is 4.42. The molecule has 0 unspecified atom stereocenters. The lowest BCUT2D eigenvalue weighted by atomic mass is 10.1. The first kappa shape index (κ1) is 16.9. The molecule has 130 valence electrons. The van der Waals surface area contributed by atoms with Crippen molar-refractivity contribution in [3.8, 4) is 0 Å². The van der Waals surface area contributed by atoms with E-state index in [2.05, 4.69) is 10.6 Å². The van der Waals surface area contributed by atoms with Crippen LogP contribution in [0.2, 0.25) is 0 Å². The zero-order valence-corrected chi connectivity index (χ0v) is 13.7. The summed E-state index contributed by atoms with van der Waals surface area (Å²) in [6.07, 6.45) is -0.169. The molecule has 0 saturated carbocycles. The Hall–Kier alpha value is -2.93. The summed E-state index contributed by atoms with van der Waals surface area (Å²) in [6.45, 7) is 1.75. The van der Waals surface area contributed by atoms with Crippen molar-refractivity contribution >= 4 is 11.7 Å². The molecule has 1 aliphatic carbocycles. The first-order chi connectivity index (χ1) is 12.0. The summed E-state index contributed by atoms with van der Waals surface area (Å²) in [5.74, 6) is 0. The number of aliphatic hydroxyl groups is 1. The Morgan fingerprint density at radius 3 is 2.80 bits per heavy atom. The van der Waals surface area contributed by atoms with Crippen LogP contribution in [-0.2, 0) is 6.42 Å². The second-order valence-corrected chi connectivity index (χ2v) is 6.14. The summed E-state index contributed by atoms with van der Waals surface area (Å²) >= 11 is 0. The zero-order chi connectivity index (χ0) is 18.0. The maximum Gasteiger partial charge on any atom is 0.315 e. The van der Waals surface area contributed by atoms with Crippen molar-refractivity contribution in [2.75, 3.05) is 0 Å². The number of carbonyl (C=O) groups excluding carboxylic acids is 1. The Balaban J connectivity index is 1.67. The predicted molar refractivity (Wildman–Crippen MR) is 92.1 cm³/mol. The molecule has 0 spiro atoms. The Bertz CT molecular complexity index is 808. The Morgan fingerprint density at radius 2 is 2.04 bits per heavy atom. The summed E-state index contributed by atoms with van der Waals surface area (Å²) < 4.78 is 0. The third kappa shape index (κ3) is 3.61. The van der Waals surface area contributed by atoms with E-state index >= 15 is 0 Å². The van der Waals surface area contributed by atoms with Crippen molar-refractivity contribution in [1.82, 2.24) is 10.6 Å². The van der Waals surface area contributed by atoms with Gasteiger partial charge in [-0.05, 0) is 23.6 Å². The number of hydrogen-bond donors (Lipinski definition) is 3. The zero-order valence-electron chi connectivity index (χ0n) is 13.7. The van der Waals surface area contributed by atoms with Gasteiger partial charge in [0.15, 0.2) is 0 Å². The maximum atomic E-state index is 12.3. The average Bonchev–Trinajstić information content (AvgIpc) is 2.90. The van der Waals surface area contributed by atoms with E-state index in [9.17, 15) is 20.0 Å². The summed E-state index contributed by atoms with van der Waals surface area (Å²) in [5, 5.41) is 26.6. The lowest BCUT2D eigenvalue weighted by Gasteiger charge is -2.21. The van der Waals surface area contributed by atoms with Crippen molar-refractivity contribution in [3.63, 3.8) is 0 Å². The topological polar surface area (TPSA) is 104 Å². The van der Waals surface area contributed by atoms with Crippen LogP contribution >= 0.6 is 0 Å². The fourth-order valence-electron chi connectivity index (χ4n) is 3.12. The normalized spacial score (nSPS) is 19.8. The first-order valence-corrected chi connectivity index (χ1v) is 8.03.